The standard InChI is InChI=1S/C16H26N6O2/c1-13(2)22-6-3-4-14(16(22)24)19-8-10-20(11-9-19)15(23)12-21-7-5-17-18-21/h5,7,13-14H,3-4,6,8-12H2,1-2H3/t14-/m0/s1. The van der Waals surface area contributed by atoms with Crippen LogP contribution in [0.15, 0.2) is 12.4 Å². The SMILES string of the molecule is CC(C)N1CCC[C@H](N2CCN(C(=O)Cn3ccnn3)CC2)C1=O. The van der Waals surface area contributed by atoms with Crippen LogP contribution in [-0.4, -0.2) is 86.3 Å². The molecule has 8 nitrogen and oxygen atoms in total. The zero-order chi connectivity index (χ0) is 17.1. The van der Waals surface area contributed by atoms with Crippen molar-refractivity contribution in [2.45, 2.75) is 45.3 Å². The van der Waals surface area contributed by atoms with Crippen molar-refractivity contribution in [3.63, 3.8) is 0 Å². The minimum atomic E-state index is -0.0197. The highest BCUT2D eigenvalue weighted by Gasteiger charge is 2.36. The molecule has 0 radical (unpaired) electrons. The van der Waals surface area contributed by atoms with Crippen LogP contribution in [0.3, 0.4) is 0 Å². The number of amides is 2. The predicted molar refractivity (Wildman–Crippen MR) is 88.0 cm³/mol. The number of likely N-dealkylation sites (tertiary alicyclic amines) is 1. The maximum Gasteiger partial charge on any atom is 0.244 e. The molecule has 132 valence electrons. The first kappa shape index (κ1) is 16.9. The van der Waals surface area contributed by atoms with Crippen LogP contribution in [0.4, 0.5) is 0 Å². The Morgan fingerprint density at radius 1 is 1.25 bits per heavy atom. The molecule has 0 spiro atoms. The average molecular weight is 334 g/mol. The van der Waals surface area contributed by atoms with Crippen molar-refractivity contribution >= 4 is 11.8 Å². The van der Waals surface area contributed by atoms with Crippen LogP contribution in [0.2, 0.25) is 0 Å². The van der Waals surface area contributed by atoms with E-state index < -0.39 is 0 Å². The minimum Gasteiger partial charge on any atom is -0.339 e. The van der Waals surface area contributed by atoms with E-state index in [2.05, 4.69) is 29.1 Å². The summed E-state index contributed by atoms with van der Waals surface area (Å²) in [6.07, 6.45) is 5.24. The normalized spacial score (nSPS) is 23.1. The lowest BCUT2D eigenvalue weighted by atomic mass is 10.0. The summed E-state index contributed by atoms with van der Waals surface area (Å²) < 4.78 is 1.54. The van der Waals surface area contributed by atoms with Crippen LogP contribution < -0.4 is 0 Å². The monoisotopic (exact) mass is 334 g/mol. The molecule has 3 heterocycles. The molecule has 0 bridgehead atoms. The van der Waals surface area contributed by atoms with E-state index in [1.165, 1.54) is 0 Å². The van der Waals surface area contributed by atoms with E-state index in [1.807, 2.05) is 9.80 Å². The van der Waals surface area contributed by atoms with Gasteiger partial charge in [-0.3, -0.25) is 14.5 Å². The van der Waals surface area contributed by atoms with Crippen LogP contribution in [0.5, 0.6) is 0 Å². The van der Waals surface area contributed by atoms with Crippen molar-refractivity contribution in [1.82, 2.24) is 29.7 Å². The largest absolute Gasteiger partial charge is 0.339 e. The Bertz CT molecular complexity index is 565. The van der Waals surface area contributed by atoms with E-state index in [0.717, 1.165) is 32.5 Å². The van der Waals surface area contributed by atoms with Gasteiger partial charge in [0.2, 0.25) is 11.8 Å². The molecule has 24 heavy (non-hydrogen) atoms. The highest BCUT2D eigenvalue weighted by molar-refractivity contribution is 5.83. The van der Waals surface area contributed by atoms with Gasteiger partial charge in [0.15, 0.2) is 0 Å². The molecule has 2 aliphatic heterocycles. The number of hydrogen-bond donors (Lipinski definition) is 0. The minimum absolute atomic E-state index is 0.0197. The van der Waals surface area contributed by atoms with Crippen LogP contribution in [0, 0.1) is 0 Å². The highest BCUT2D eigenvalue weighted by Crippen LogP contribution is 2.20. The molecule has 2 fully saturated rings. The third-order valence-corrected chi connectivity index (χ3v) is 4.94. The number of carbonyl (C=O) groups excluding carboxylic acids is 2. The lowest BCUT2D eigenvalue weighted by Crippen LogP contribution is -2.59. The van der Waals surface area contributed by atoms with Gasteiger partial charge in [0.05, 0.1) is 12.2 Å². The Morgan fingerprint density at radius 2 is 2.00 bits per heavy atom. The molecule has 0 aromatic carbocycles. The molecule has 1 atom stereocenters. The van der Waals surface area contributed by atoms with E-state index in [1.54, 1.807) is 17.1 Å². The van der Waals surface area contributed by atoms with Gasteiger partial charge in [-0.2, -0.15) is 0 Å². The number of hydrogen-bond acceptors (Lipinski definition) is 5. The molecule has 2 saturated heterocycles. The molecule has 0 saturated carbocycles. The Balaban J connectivity index is 1.53. The van der Waals surface area contributed by atoms with Crippen molar-refractivity contribution in [1.29, 1.82) is 0 Å². The number of piperazine rings is 1. The smallest absolute Gasteiger partial charge is 0.244 e. The van der Waals surface area contributed by atoms with Gasteiger partial charge in [-0.1, -0.05) is 5.21 Å². The van der Waals surface area contributed by atoms with Gasteiger partial charge in [-0.15, -0.1) is 5.10 Å². The highest BCUT2D eigenvalue weighted by atomic mass is 16.2. The number of carbonyl (C=O) groups is 2. The van der Waals surface area contributed by atoms with Gasteiger partial charge < -0.3 is 9.80 Å². The molecule has 1 aromatic rings. The van der Waals surface area contributed by atoms with E-state index in [9.17, 15) is 9.59 Å². The number of aromatic nitrogens is 3. The summed E-state index contributed by atoms with van der Waals surface area (Å²) >= 11 is 0. The van der Waals surface area contributed by atoms with Crippen molar-refractivity contribution < 1.29 is 9.59 Å². The molecule has 2 aliphatic rings. The van der Waals surface area contributed by atoms with Crippen LogP contribution in [-0.2, 0) is 16.1 Å². The van der Waals surface area contributed by atoms with Gasteiger partial charge in [0.25, 0.3) is 0 Å². The molecule has 0 unspecified atom stereocenters. The zero-order valence-corrected chi connectivity index (χ0v) is 14.5. The summed E-state index contributed by atoms with van der Waals surface area (Å²) in [5.41, 5.74) is 0. The first-order chi connectivity index (χ1) is 11.6. The van der Waals surface area contributed by atoms with E-state index >= 15 is 0 Å². The van der Waals surface area contributed by atoms with Gasteiger partial charge in [0, 0.05) is 45.0 Å². The molecule has 8 heteroatoms. The quantitative estimate of drug-likeness (QED) is 0.764. The Hall–Kier alpha value is -1.96. The van der Waals surface area contributed by atoms with E-state index in [4.69, 9.17) is 0 Å². The van der Waals surface area contributed by atoms with Gasteiger partial charge >= 0.3 is 0 Å². The summed E-state index contributed by atoms with van der Waals surface area (Å²) in [4.78, 5) is 31.1. The number of nitrogens with zero attached hydrogens (tertiary/aromatic N) is 6. The second-order valence-corrected chi connectivity index (χ2v) is 6.80. The second kappa shape index (κ2) is 7.29. The van der Waals surface area contributed by atoms with Crippen molar-refractivity contribution in [2.75, 3.05) is 32.7 Å². The van der Waals surface area contributed by atoms with Crippen molar-refractivity contribution in [3.05, 3.63) is 12.4 Å². The predicted octanol–water partition coefficient (Wildman–Crippen LogP) is -0.178. The van der Waals surface area contributed by atoms with Gasteiger partial charge in [-0.05, 0) is 26.7 Å². The lowest BCUT2D eigenvalue weighted by molar-refractivity contribution is -0.144. The maximum atomic E-state index is 12.7. The van der Waals surface area contributed by atoms with E-state index in [0.29, 0.717) is 13.1 Å². The fraction of sp³-hybridized carbons (Fsp3) is 0.750. The Kier molecular flexibility index (Phi) is 5.13. The fourth-order valence-corrected chi connectivity index (χ4v) is 3.57. The summed E-state index contributed by atoms with van der Waals surface area (Å²) in [7, 11) is 0. The van der Waals surface area contributed by atoms with Crippen molar-refractivity contribution in [3.8, 4) is 0 Å². The first-order valence-corrected chi connectivity index (χ1v) is 8.72. The third-order valence-electron chi connectivity index (χ3n) is 4.94. The second-order valence-electron chi connectivity index (χ2n) is 6.80. The molecule has 0 N–H and O–H groups in total. The maximum absolute atomic E-state index is 12.7. The van der Waals surface area contributed by atoms with Crippen LogP contribution >= 0.6 is 0 Å². The molecule has 1 aromatic heterocycles. The summed E-state index contributed by atoms with van der Waals surface area (Å²) in [6, 6.07) is 0.236. The fourth-order valence-electron chi connectivity index (χ4n) is 3.57. The number of rotatable bonds is 4. The Labute approximate surface area is 142 Å². The topological polar surface area (TPSA) is 74.6 Å². The molecule has 2 amide bonds. The summed E-state index contributed by atoms with van der Waals surface area (Å²) in [5, 5.41) is 7.55. The molecule has 0 aliphatic carbocycles. The average Bonchev–Trinajstić information content (AvgIpc) is 3.08. The summed E-state index contributed by atoms with van der Waals surface area (Å²) in [6.45, 7) is 8.07. The number of piperidine rings is 1. The first-order valence-electron chi connectivity index (χ1n) is 8.72. The van der Waals surface area contributed by atoms with Crippen LogP contribution in [0.25, 0.3) is 0 Å². The molecule has 3 rings (SSSR count). The van der Waals surface area contributed by atoms with Crippen LogP contribution in [0.1, 0.15) is 26.7 Å². The summed E-state index contributed by atoms with van der Waals surface area (Å²) in [5.74, 6) is 0.303. The van der Waals surface area contributed by atoms with Crippen molar-refractivity contribution in [2.24, 2.45) is 0 Å². The Morgan fingerprint density at radius 3 is 2.62 bits per heavy atom. The lowest BCUT2D eigenvalue weighted by Gasteiger charge is -2.43. The van der Waals surface area contributed by atoms with Gasteiger partial charge in [0.1, 0.15) is 6.54 Å². The van der Waals surface area contributed by atoms with E-state index in [-0.39, 0.29) is 30.4 Å². The molecular weight excluding hydrogens is 308 g/mol. The van der Waals surface area contributed by atoms with Gasteiger partial charge in [-0.25, -0.2) is 4.68 Å². The molecular formula is C16H26N6O2. The zero-order valence-electron chi connectivity index (χ0n) is 14.5. The third kappa shape index (κ3) is 3.58.